The van der Waals surface area contributed by atoms with E-state index in [-0.39, 0.29) is 0 Å². The molecule has 0 spiro atoms. The molecule has 5 heteroatoms. The minimum atomic E-state index is 0.609. The maximum atomic E-state index is 4.77. The van der Waals surface area contributed by atoms with Gasteiger partial charge in [0.15, 0.2) is 0 Å². The lowest BCUT2D eigenvalue weighted by Gasteiger charge is -2.15. The molecule has 0 saturated carbocycles. The first-order valence-electron chi connectivity index (χ1n) is 10.4. The molecule has 1 aliphatic heterocycles. The van der Waals surface area contributed by atoms with Crippen LogP contribution in [0.15, 0.2) is 79.1 Å². The van der Waals surface area contributed by atoms with Crippen LogP contribution in [0.1, 0.15) is 12.0 Å². The third kappa shape index (κ3) is 3.98. The third-order valence-corrected chi connectivity index (χ3v) is 5.48. The van der Waals surface area contributed by atoms with Gasteiger partial charge in [0.05, 0.1) is 5.69 Å². The van der Waals surface area contributed by atoms with Gasteiger partial charge >= 0.3 is 0 Å². The van der Waals surface area contributed by atoms with E-state index in [2.05, 4.69) is 93.7 Å². The minimum absolute atomic E-state index is 0.609. The van der Waals surface area contributed by atoms with Crippen molar-refractivity contribution in [2.24, 2.45) is 0 Å². The lowest BCUT2D eigenvalue weighted by molar-refractivity contribution is 0.363. The summed E-state index contributed by atoms with van der Waals surface area (Å²) < 4.78 is 2.32. The summed E-state index contributed by atoms with van der Waals surface area (Å²) in [6.07, 6.45) is 9.55. The summed E-state index contributed by atoms with van der Waals surface area (Å²) in [5.41, 5.74) is 5.51. The molecule has 6 bridgehead atoms. The van der Waals surface area contributed by atoms with Crippen molar-refractivity contribution in [1.82, 2.24) is 19.4 Å². The second-order valence-corrected chi connectivity index (χ2v) is 7.83. The molecule has 5 rings (SSSR count). The van der Waals surface area contributed by atoms with Crippen molar-refractivity contribution in [2.45, 2.75) is 19.5 Å². The van der Waals surface area contributed by atoms with E-state index in [9.17, 15) is 0 Å². The largest absolute Gasteiger partial charge is 0.347 e. The molecule has 30 heavy (non-hydrogen) atoms. The molecule has 0 aliphatic carbocycles. The summed E-state index contributed by atoms with van der Waals surface area (Å²) in [6, 6.07) is 19.1. The second kappa shape index (κ2) is 8.13. The van der Waals surface area contributed by atoms with Gasteiger partial charge in [0.1, 0.15) is 0 Å². The SMILES string of the molecule is CN1C/C=C/CCn2ccc3ccc(cc32)-c2ccnc(n2)Nc2cccc(c2)C1. The zero-order valence-corrected chi connectivity index (χ0v) is 17.1. The molecule has 0 fully saturated rings. The van der Waals surface area contributed by atoms with E-state index >= 15 is 0 Å². The molecule has 4 aromatic rings. The molecule has 5 nitrogen and oxygen atoms in total. The van der Waals surface area contributed by atoms with Gasteiger partial charge in [-0.25, -0.2) is 9.97 Å². The molecule has 2 aromatic carbocycles. The first kappa shape index (κ1) is 18.6. The summed E-state index contributed by atoms with van der Waals surface area (Å²) in [4.78, 5) is 11.5. The van der Waals surface area contributed by atoms with Crippen LogP contribution in [-0.2, 0) is 13.1 Å². The first-order valence-corrected chi connectivity index (χ1v) is 10.4. The van der Waals surface area contributed by atoms with E-state index in [1.54, 1.807) is 0 Å². The van der Waals surface area contributed by atoms with Crippen LogP contribution in [0.2, 0.25) is 0 Å². The van der Waals surface area contributed by atoms with Crippen molar-refractivity contribution >= 4 is 22.5 Å². The van der Waals surface area contributed by atoms with Crippen LogP contribution in [0, 0.1) is 0 Å². The van der Waals surface area contributed by atoms with Gasteiger partial charge in [-0.15, -0.1) is 0 Å². The Balaban J connectivity index is 1.56. The van der Waals surface area contributed by atoms with Crippen molar-refractivity contribution < 1.29 is 0 Å². The van der Waals surface area contributed by atoms with Crippen molar-refractivity contribution in [3.8, 4) is 11.3 Å². The number of anilines is 2. The highest BCUT2D eigenvalue weighted by atomic mass is 15.1. The number of aromatic nitrogens is 3. The van der Waals surface area contributed by atoms with E-state index in [0.29, 0.717) is 5.95 Å². The average molecular weight is 396 g/mol. The number of hydrogen-bond donors (Lipinski definition) is 1. The Hall–Kier alpha value is -3.44. The maximum absolute atomic E-state index is 4.77. The zero-order valence-electron chi connectivity index (χ0n) is 17.1. The van der Waals surface area contributed by atoms with Gasteiger partial charge in [-0.3, -0.25) is 4.90 Å². The number of fused-ring (bicyclic) bond motifs is 6. The van der Waals surface area contributed by atoms with Crippen LogP contribution in [0.25, 0.3) is 22.2 Å². The number of allylic oxidation sites excluding steroid dienone is 1. The second-order valence-electron chi connectivity index (χ2n) is 7.83. The number of nitrogens with one attached hydrogen (secondary N) is 1. The van der Waals surface area contributed by atoms with E-state index in [1.807, 2.05) is 12.3 Å². The van der Waals surface area contributed by atoms with E-state index in [1.165, 1.54) is 16.5 Å². The van der Waals surface area contributed by atoms with Crippen LogP contribution < -0.4 is 5.32 Å². The molecule has 0 atom stereocenters. The van der Waals surface area contributed by atoms with Gasteiger partial charge < -0.3 is 9.88 Å². The molecular weight excluding hydrogens is 370 g/mol. The van der Waals surface area contributed by atoms with Crippen LogP contribution in [0.3, 0.4) is 0 Å². The van der Waals surface area contributed by atoms with Crippen molar-refractivity contribution in [2.75, 3.05) is 18.9 Å². The Morgan fingerprint density at radius 3 is 2.93 bits per heavy atom. The number of nitrogens with zero attached hydrogens (tertiary/aromatic N) is 4. The van der Waals surface area contributed by atoms with Gasteiger partial charge in [-0.1, -0.05) is 36.4 Å². The Bertz CT molecular complexity index is 1210. The molecule has 1 aliphatic rings. The standard InChI is InChI=1S/C25H25N5/c1-29-13-3-2-4-14-30-15-11-20-8-9-21(17-24(20)30)23-10-12-26-25(28-23)27-22-7-5-6-19(16-22)18-29/h2-3,5-12,15-17H,4,13-14,18H2,1H3,(H,26,27,28)/b3-2+. The quantitative estimate of drug-likeness (QED) is 0.414. The van der Waals surface area contributed by atoms with E-state index < -0.39 is 0 Å². The normalized spacial score (nSPS) is 16.0. The van der Waals surface area contributed by atoms with Crippen LogP contribution in [0.4, 0.5) is 11.6 Å². The minimum Gasteiger partial charge on any atom is -0.347 e. The molecule has 2 aromatic heterocycles. The molecule has 150 valence electrons. The Kier molecular flexibility index (Phi) is 5.03. The predicted molar refractivity (Wildman–Crippen MR) is 123 cm³/mol. The summed E-state index contributed by atoms with van der Waals surface area (Å²) >= 11 is 0. The highest BCUT2D eigenvalue weighted by molar-refractivity contribution is 5.85. The van der Waals surface area contributed by atoms with Gasteiger partial charge in [0.2, 0.25) is 5.95 Å². The smallest absolute Gasteiger partial charge is 0.227 e. The average Bonchev–Trinajstić information content (AvgIpc) is 3.16. The fourth-order valence-corrected chi connectivity index (χ4v) is 3.96. The van der Waals surface area contributed by atoms with Crippen LogP contribution >= 0.6 is 0 Å². The third-order valence-electron chi connectivity index (χ3n) is 5.48. The number of likely N-dealkylation sites (N-methyl/N-ethyl adjacent to an activating group) is 1. The van der Waals surface area contributed by atoms with Crippen molar-refractivity contribution in [1.29, 1.82) is 0 Å². The molecular formula is C25H25N5. The van der Waals surface area contributed by atoms with E-state index in [4.69, 9.17) is 4.98 Å². The van der Waals surface area contributed by atoms with Crippen molar-refractivity contribution in [3.05, 3.63) is 84.7 Å². The first-order chi connectivity index (χ1) is 14.7. The monoisotopic (exact) mass is 395 g/mol. The topological polar surface area (TPSA) is 46.0 Å². The number of hydrogen-bond acceptors (Lipinski definition) is 4. The molecule has 3 heterocycles. The highest BCUT2D eigenvalue weighted by Crippen LogP contribution is 2.25. The fraction of sp³-hybridized carbons (Fsp3) is 0.200. The summed E-state index contributed by atoms with van der Waals surface area (Å²) in [5.74, 6) is 0.609. The zero-order chi connectivity index (χ0) is 20.3. The molecule has 0 amide bonds. The van der Waals surface area contributed by atoms with Gasteiger partial charge in [-0.2, -0.15) is 0 Å². The van der Waals surface area contributed by atoms with Gasteiger partial charge in [0.25, 0.3) is 0 Å². The Morgan fingerprint density at radius 1 is 1.00 bits per heavy atom. The molecule has 1 N–H and O–H groups in total. The molecule has 0 unspecified atom stereocenters. The highest BCUT2D eigenvalue weighted by Gasteiger charge is 2.08. The summed E-state index contributed by atoms with van der Waals surface area (Å²) in [5, 5.41) is 4.62. The summed E-state index contributed by atoms with van der Waals surface area (Å²) in [6.45, 7) is 2.79. The van der Waals surface area contributed by atoms with Crippen molar-refractivity contribution in [3.63, 3.8) is 0 Å². The van der Waals surface area contributed by atoms with Crippen LogP contribution in [0.5, 0.6) is 0 Å². The molecule has 0 radical (unpaired) electrons. The Labute approximate surface area is 176 Å². The number of rotatable bonds is 0. The van der Waals surface area contributed by atoms with Gasteiger partial charge in [-0.05, 0) is 54.8 Å². The maximum Gasteiger partial charge on any atom is 0.227 e. The number of aryl methyl sites for hydroxylation is 1. The lowest BCUT2D eigenvalue weighted by atomic mass is 10.1. The summed E-state index contributed by atoms with van der Waals surface area (Å²) in [7, 11) is 2.15. The van der Waals surface area contributed by atoms with Gasteiger partial charge in [0, 0.05) is 48.8 Å². The van der Waals surface area contributed by atoms with Crippen LogP contribution in [-0.4, -0.2) is 33.0 Å². The predicted octanol–water partition coefficient (Wildman–Crippen LogP) is 5.23. The number of benzene rings is 2. The molecule has 0 saturated heterocycles. The fourth-order valence-electron chi connectivity index (χ4n) is 3.96. The van der Waals surface area contributed by atoms with E-state index in [0.717, 1.165) is 43.0 Å². The lowest BCUT2D eigenvalue weighted by Crippen LogP contribution is -2.17. The Morgan fingerprint density at radius 2 is 1.97 bits per heavy atom.